The molecule has 3 aromatic heterocycles. The number of aromatic nitrogens is 4. The number of carbonyl (C=O) groups excluding carboxylic acids is 1. The third-order valence-electron chi connectivity index (χ3n) is 3.03. The first-order valence-electron chi connectivity index (χ1n) is 6.69. The monoisotopic (exact) mass is 348 g/mol. The van der Waals surface area contributed by atoms with Crippen LogP contribution >= 0.6 is 23.1 Å². The highest BCUT2D eigenvalue weighted by molar-refractivity contribution is 7.98. The number of rotatable bonds is 4. The van der Waals surface area contributed by atoms with E-state index in [2.05, 4.69) is 15.0 Å². The number of thiazole rings is 1. The van der Waals surface area contributed by atoms with E-state index in [1.165, 1.54) is 35.5 Å². The molecule has 3 rings (SSSR count). The van der Waals surface area contributed by atoms with Gasteiger partial charge in [-0.05, 0) is 13.2 Å². The zero-order valence-corrected chi connectivity index (χ0v) is 14.0. The van der Waals surface area contributed by atoms with Gasteiger partial charge < -0.3 is 4.74 Å². The highest BCUT2D eigenvalue weighted by atomic mass is 32.2. The van der Waals surface area contributed by atoms with E-state index in [0.717, 1.165) is 0 Å². The van der Waals surface area contributed by atoms with Gasteiger partial charge in [-0.25, -0.2) is 19.7 Å². The Morgan fingerprint density at radius 2 is 2.26 bits per heavy atom. The van der Waals surface area contributed by atoms with Gasteiger partial charge in [0.05, 0.1) is 12.0 Å². The van der Waals surface area contributed by atoms with Gasteiger partial charge in [0, 0.05) is 24.0 Å². The second-order valence-corrected chi connectivity index (χ2v) is 6.02. The zero-order valence-electron chi connectivity index (χ0n) is 12.3. The molecule has 0 aromatic carbocycles. The Morgan fingerprint density at radius 1 is 1.43 bits per heavy atom. The zero-order chi connectivity index (χ0) is 16.4. The predicted octanol–water partition coefficient (Wildman–Crippen LogP) is 2.14. The van der Waals surface area contributed by atoms with Crippen LogP contribution in [0.3, 0.4) is 0 Å². The molecular formula is C14H12N4O3S2. The number of carbonyl (C=O) groups is 1. The highest BCUT2D eigenvalue weighted by Crippen LogP contribution is 2.20. The molecule has 0 spiro atoms. The molecular weight excluding hydrogens is 336 g/mol. The van der Waals surface area contributed by atoms with E-state index in [9.17, 15) is 9.59 Å². The van der Waals surface area contributed by atoms with Crippen molar-refractivity contribution in [3.05, 3.63) is 39.8 Å². The van der Waals surface area contributed by atoms with Crippen LogP contribution < -0.4 is 5.43 Å². The van der Waals surface area contributed by atoms with Crippen molar-refractivity contribution in [3.8, 4) is 5.13 Å². The van der Waals surface area contributed by atoms with Crippen molar-refractivity contribution >= 4 is 40.1 Å². The Balaban J connectivity index is 2.35. The maximum atomic E-state index is 12.5. The lowest BCUT2D eigenvalue weighted by Crippen LogP contribution is -2.21. The molecule has 23 heavy (non-hydrogen) atoms. The number of esters is 1. The number of ether oxygens (including phenoxy) is 1. The molecule has 3 aromatic rings. The minimum absolute atomic E-state index is 0.0601. The minimum Gasteiger partial charge on any atom is -0.462 e. The molecule has 0 atom stereocenters. The first-order valence-corrected chi connectivity index (χ1v) is 8.79. The third-order valence-corrected chi connectivity index (χ3v) is 4.36. The van der Waals surface area contributed by atoms with Crippen LogP contribution in [0.4, 0.5) is 0 Å². The quantitative estimate of drug-likeness (QED) is 0.405. The lowest BCUT2D eigenvalue weighted by atomic mass is 10.2. The smallest absolute Gasteiger partial charge is 0.343 e. The normalized spacial score (nSPS) is 10.9. The van der Waals surface area contributed by atoms with Crippen molar-refractivity contribution in [2.45, 2.75) is 12.1 Å². The largest absolute Gasteiger partial charge is 0.462 e. The lowest BCUT2D eigenvalue weighted by Gasteiger charge is -2.10. The Labute approximate surface area is 139 Å². The van der Waals surface area contributed by atoms with Gasteiger partial charge in [-0.3, -0.25) is 9.36 Å². The minimum atomic E-state index is -0.668. The summed E-state index contributed by atoms with van der Waals surface area (Å²) >= 11 is 2.74. The van der Waals surface area contributed by atoms with Crippen LogP contribution in [0.2, 0.25) is 0 Å². The average Bonchev–Trinajstić information content (AvgIpc) is 3.09. The van der Waals surface area contributed by atoms with Gasteiger partial charge in [0.2, 0.25) is 5.43 Å². The van der Waals surface area contributed by atoms with Gasteiger partial charge in [0.15, 0.2) is 15.9 Å². The molecule has 0 amide bonds. The summed E-state index contributed by atoms with van der Waals surface area (Å²) in [6.07, 6.45) is 6.35. The van der Waals surface area contributed by atoms with Crippen LogP contribution in [0.25, 0.3) is 16.2 Å². The predicted molar refractivity (Wildman–Crippen MR) is 88.5 cm³/mol. The van der Waals surface area contributed by atoms with E-state index < -0.39 is 11.4 Å². The summed E-state index contributed by atoms with van der Waals surface area (Å²) in [6, 6.07) is 0. The maximum absolute atomic E-state index is 12.5. The van der Waals surface area contributed by atoms with Crippen LogP contribution in [-0.2, 0) is 4.74 Å². The van der Waals surface area contributed by atoms with Crippen molar-refractivity contribution in [2.24, 2.45) is 0 Å². The fourth-order valence-corrected chi connectivity index (χ4v) is 2.98. The number of pyridine rings is 1. The van der Waals surface area contributed by atoms with E-state index in [0.29, 0.717) is 15.9 Å². The van der Waals surface area contributed by atoms with Crippen molar-refractivity contribution in [2.75, 3.05) is 12.9 Å². The van der Waals surface area contributed by atoms with Crippen LogP contribution in [0.1, 0.15) is 17.3 Å². The Kier molecular flexibility index (Phi) is 4.39. The van der Waals surface area contributed by atoms with Gasteiger partial charge in [-0.15, -0.1) is 11.3 Å². The van der Waals surface area contributed by atoms with E-state index in [1.807, 2.05) is 6.26 Å². The summed E-state index contributed by atoms with van der Waals surface area (Å²) in [5, 5.41) is 3.20. The molecule has 118 valence electrons. The van der Waals surface area contributed by atoms with Crippen LogP contribution in [0.15, 0.2) is 33.9 Å². The van der Waals surface area contributed by atoms with Crippen molar-refractivity contribution in [3.63, 3.8) is 0 Å². The molecule has 9 heteroatoms. The molecule has 0 saturated heterocycles. The number of thioether (sulfide) groups is 1. The fraction of sp³-hybridized carbons (Fsp3) is 0.214. The van der Waals surface area contributed by atoms with Gasteiger partial charge in [-0.2, -0.15) is 0 Å². The summed E-state index contributed by atoms with van der Waals surface area (Å²) in [5.74, 6) is -0.668. The van der Waals surface area contributed by atoms with Crippen LogP contribution in [-0.4, -0.2) is 38.4 Å². The Hall–Kier alpha value is -2.26. The van der Waals surface area contributed by atoms with Crippen molar-refractivity contribution in [1.29, 1.82) is 0 Å². The number of hydrogen-bond acceptors (Lipinski definition) is 8. The van der Waals surface area contributed by atoms with Crippen LogP contribution in [0.5, 0.6) is 0 Å². The number of hydrogen-bond donors (Lipinski definition) is 0. The molecule has 0 aliphatic heterocycles. The van der Waals surface area contributed by atoms with Crippen molar-refractivity contribution in [1.82, 2.24) is 19.5 Å². The number of fused-ring (bicyclic) bond motifs is 1. The van der Waals surface area contributed by atoms with E-state index in [-0.39, 0.29) is 17.6 Å². The summed E-state index contributed by atoms with van der Waals surface area (Å²) in [4.78, 5) is 37.3. The molecule has 3 heterocycles. The molecule has 0 bridgehead atoms. The first-order chi connectivity index (χ1) is 11.2. The van der Waals surface area contributed by atoms with Crippen LogP contribution in [0, 0.1) is 0 Å². The molecule has 0 aliphatic rings. The SMILES string of the molecule is CCOC(=O)c1cn(-c2nccs2)c2nc(SC)ncc2c1=O. The summed E-state index contributed by atoms with van der Waals surface area (Å²) in [7, 11) is 0. The number of nitrogens with zero attached hydrogens (tertiary/aromatic N) is 4. The summed E-state index contributed by atoms with van der Waals surface area (Å²) < 4.78 is 6.58. The third kappa shape index (κ3) is 2.84. The van der Waals surface area contributed by atoms with Gasteiger partial charge >= 0.3 is 5.97 Å². The maximum Gasteiger partial charge on any atom is 0.343 e. The van der Waals surface area contributed by atoms with E-state index >= 15 is 0 Å². The summed E-state index contributed by atoms with van der Waals surface area (Å²) in [5.41, 5.74) is -0.0914. The topological polar surface area (TPSA) is 87.0 Å². The molecule has 0 aliphatic carbocycles. The van der Waals surface area contributed by atoms with Gasteiger partial charge in [0.25, 0.3) is 0 Å². The Bertz CT molecular complexity index is 922. The van der Waals surface area contributed by atoms with E-state index in [1.54, 1.807) is 23.1 Å². The molecule has 0 N–H and O–H groups in total. The first kappa shape index (κ1) is 15.6. The molecule has 0 unspecified atom stereocenters. The fourth-order valence-electron chi connectivity index (χ4n) is 2.03. The second kappa shape index (κ2) is 6.47. The molecule has 0 fully saturated rings. The second-order valence-electron chi connectivity index (χ2n) is 4.37. The van der Waals surface area contributed by atoms with Crippen molar-refractivity contribution < 1.29 is 9.53 Å². The highest BCUT2D eigenvalue weighted by Gasteiger charge is 2.19. The van der Waals surface area contributed by atoms with Gasteiger partial charge in [-0.1, -0.05) is 11.8 Å². The standard InChI is InChI=1S/C14H12N4O3S2/c1-3-21-12(20)9-7-18(14-15-4-5-23-14)11-8(10(9)19)6-16-13(17-11)22-2/h4-7H,3H2,1-2H3. The molecule has 0 radical (unpaired) electrons. The molecule has 0 saturated carbocycles. The molecule has 7 nitrogen and oxygen atoms in total. The lowest BCUT2D eigenvalue weighted by molar-refractivity contribution is 0.0524. The average molecular weight is 348 g/mol. The summed E-state index contributed by atoms with van der Waals surface area (Å²) in [6.45, 7) is 1.88. The Morgan fingerprint density at radius 3 is 2.91 bits per heavy atom. The van der Waals surface area contributed by atoms with E-state index in [4.69, 9.17) is 4.74 Å². The van der Waals surface area contributed by atoms with Gasteiger partial charge in [0.1, 0.15) is 5.56 Å².